The molecule has 1 N–H and O–H groups in total. The molecule has 4 rings (SSSR count). The third-order valence-corrected chi connectivity index (χ3v) is 7.20. The molecular weight excluding hydrogens is 368 g/mol. The van der Waals surface area contributed by atoms with Gasteiger partial charge in [0.1, 0.15) is 0 Å². The summed E-state index contributed by atoms with van der Waals surface area (Å²) in [5.41, 5.74) is -0.339. The second-order valence-electron chi connectivity index (χ2n) is 9.79. The number of nitrogens with zero attached hydrogens (tertiary/aromatic N) is 3. The number of fused-ring (bicyclic) bond motifs is 1. The number of rotatable bonds is 5. The van der Waals surface area contributed by atoms with Crippen LogP contribution in [0.3, 0.4) is 0 Å². The normalized spacial score (nSPS) is 30.0. The minimum Gasteiger partial charge on any atom is -0.353 e. The fourth-order valence-corrected chi connectivity index (χ4v) is 5.78. The summed E-state index contributed by atoms with van der Waals surface area (Å²) in [4.78, 5) is 31.8. The van der Waals surface area contributed by atoms with Crippen molar-refractivity contribution < 1.29 is 14.1 Å². The fourth-order valence-electron chi connectivity index (χ4n) is 5.78. The van der Waals surface area contributed by atoms with Gasteiger partial charge in [-0.2, -0.15) is 4.98 Å². The van der Waals surface area contributed by atoms with Gasteiger partial charge in [-0.1, -0.05) is 38.3 Å². The molecule has 7 heteroatoms. The molecule has 1 aromatic rings. The van der Waals surface area contributed by atoms with E-state index in [2.05, 4.69) is 15.5 Å². The Balaban J connectivity index is 1.45. The van der Waals surface area contributed by atoms with Gasteiger partial charge in [-0.05, 0) is 44.4 Å². The number of hydrogen-bond donors (Lipinski definition) is 1. The van der Waals surface area contributed by atoms with Crippen molar-refractivity contribution in [2.45, 2.75) is 83.6 Å². The number of aryl methyl sites for hydroxylation is 1. The van der Waals surface area contributed by atoms with Gasteiger partial charge < -0.3 is 14.7 Å². The van der Waals surface area contributed by atoms with Gasteiger partial charge in [0, 0.05) is 31.5 Å². The van der Waals surface area contributed by atoms with Crippen LogP contribution in [0.5, 0.6) is 0 Å². The predicted octanol–water partition coefficient (Wildman–Crippen LogP) is 2.98. The number of amides is 2. The van der Waals surface area contributed by atoms with Crippen LogP contribution in [0.4, 0.5) is 0 Å². The number of carbonyl (C=O) groups excluding carboxylic acids is 2. The van der Waals surface area contributed by atoms with Gasteiger partial charge in [0.05, 0.1) is 5.41 Å². The van der Waals surface area contributed by atoms with Gasteiger partial charge >= 0.3 is 0 Å². The zero-order chi connectivity index (χ0) is 20.6. The van der Waals surface area contributed by atoms with Crippen molar-refractivity contribution in [3.8, 4) is 0 Å². The second-order valence-corrected chi connectivity index (χ2v) is 9.79. The van der Waals surface area contributed by atoms with Gasteiger partial charge in [0.2, 0.25) is 17.7 Å². The minimum absolute atomic E-state index is 0.0266. The Labute approximate surface area is 173 Å². The monoisotopic (exact) mass is 402 g/mol. The van der Waals surface area contributed by atoms with E-state index in [-0.39, 0.29) is 35.1 Å². The lowest BCUT2D eigenvalue weighted by molar-refractivity contribution is -0.134. The zero-order valence-electron chi connectivity index (χ0n) is 17.9. The summed E-state index contributed by atoms with van der Waals surface area (Å²) in [6.07, 6.45) is 8.44. The first-order chi connectivity index (χ1) is 13.9. The highest BCUT2D eigenvalue weighted by molar-refractivity contribution is 5.79. The van der Waals surface area contributed by atoms with Crippen LogP contribution < -0.4 is 5.32 Å². The predicted molar refractivity (Wildman–Crippen MR) is 108 cm³/mol. The van der Waals surface area contributed by atoms with Crippen molar-refractivity contribution in [1.29, 1.82) is 0 Å². The molecule has 1 unspecified atom stereocenters. The molecule has 3 aliphatic rings. The van der Waals surface area contributed by atoms with Crippen LogP contribution in [0.2, 0.25) is 0 Å². The minimum atomic E-state index is -0.339. The van der Waals surface area contributed by atoms with Gasteiger partial charge in [-0.15, -0.1) is 0 Å². The highest BCUT2D eigenvalue weighted by atomic mass is 16.5. The van der Waals surface area contributed by atoms with E-state index in [1.54, 1.807) is 0 Å². The van der Waals surface area contributed by atoms with Gasteiger partial charge in [0.25, 0.3) is 0 Å². The van der Waals surface area contributed by atoms with E-state index in [1.165, 1.54) is 32.1 Å². The Hall–Kier alpha value is -1.92. The fraction of sp³-hybridized carbons (Fsp3) is 0.818. The van der Waals surface area contributed by atoms with Crippen LogP contribution in [-0.4, -0.2) is 46.0 Å². The van der Waals surface area contributed by atoms with Crippen molar-refractivity contribution in [3.05, 3.63) is 11.7 Å². The molecule has 1 saturated heterocycles. The van der Waals surface area contributed by atoms with Crippen LogP contribution in [0, 0.1) is 24.7 Å². The number of hydrogen-bond acceptors (Lipinski definition) is 5. The first-order valence-electron chi connectivity index (χ1n) is 11.3. The van der Waals surface area contributed by atoms with Crippen LogP contribution in [0.1, 0.15) is 76.9 Å². The molecule has 1 aromatic heterocycles. The molecule has 0 radical (unpaired) electrons. The maximum atomic E-state index is 12.7. The van der Waals surface area contributed by atoms with Crippen molar-refractivity contribution >= 4 is 11.8 Å². The summed E-state index contributed by atoms with van der Waals surface area (Å²) in [5.74, 6) is 2.35. The number of carbonyl (C=O) groups is 2. The molecule has 7 nitrogen and oxygen atoms in total. The smallest absolute Gasteiger partial charge is 0.235 e. The van der Waals surface area contributed by atoms with E-state index in [4.69, 9.17) is 4.52 Å². The Morgan fingerprint density at radius 3 is 2.69 bits per heavy atom. The topological polar surface area (TPSA) is 88.3 Å². The SMILES string of the molecule is Cc1noc([C@]23C[C@H](NC(=O)CC4CCCCC4)CC2CN(C(=O)C(C)C)C3)n1. The summed E-state index contributed by atoms with van der Waals surface area (Å²) in [7, 11) is 0. The lowest BCUT2D eigenvalue weighted by Crippen LogP contribution is -2.40. The molecule has 160 valence electrons. The van der Waals surface area contributed by atoms with Crippen molar-refractivity contribution in [1.82, 2.24) is 20.4 Å². The molecule has 0 bridgehead atoms. The highest BCUT2D eigenvalue weighted by Crippen LogP contribution is 2.50. The Morgan fingerprint density at radius 1 is 1.28 bits per heavy atom. The summed E-state index contributed by atoms with van der Waals surface area (Å²) >= 11 is 0. The van der Waals surface area contributed by atoms with E-state index in [0.29, 0.717) is 37.1 Å². The summed E-state index contributed by atoms with van der Waals surface area (Å²) in [6, 6.07) is 0.111. The third kappa shape index (κ3) is 4.05. The van der Waals surface area contributed by atoms with Gasteiger partial charge in [-0.3, -0.25) is 9.59 Å². The van der Waals surface area contributed by atoms with E-state index in [9.17, 15) is 9.59 Å². The van der Waals surface area contributed by atoms with E-state index in [1.807, 2.05) is 25.7 Å². The van der Waals surface area contributed by atoms with Gasteiger partial charge in [0.15, 0.2) is 5.82 Å². The largest absolute Gasteiger partial charge is 0.353 e. The number of nitrogens with one attached hydrogen (secondary N) is 1. The maximum absolute atomic E-state index is 12.7. The average molecular weight is 403 g/mol. The van der Waals surface area contributed by atoms with E-state index < -0.39 is 0 Å². The van der Waals surface area contributed by atoms with Crippen LogP contribution in [-0.2, 0) is 15.0 Å². The van der Waals surface area contributed by atoms with E-state index in [0.717, 1.165) is 12.8 Å². The number of aromatic nitrogens is 2. The van der Waals surface area contributed by atoms with Crippen LogP contribution >= 0.6 is 0 Å². The van der Waals surface area contributed by atoms with Crippen LogP contribution in [0.25, 0.3) is 0 Å². The lowest BCUT2D eigenvalue weighted by Gasteiger charge is -2.26. The highest BCUT2D eigenvalue weighted by Gasteiger charge is 2.58. The number of likely N-dealkylation sites (tertiary alicyclic amines) is 1. The van der Waals surface area contributed by atoms with Gasteiger partial charge in [-0.25, -0.2) is 0 Å². The summed E-state index contributed by atoms with van der Waals surface area (Å²) in [6.45, 7) is 7.00. The first-order valence-corrected chi connectivity index (χ1v) is 11.3. The molecule has 3 fully saturated rings. The Morgan fingerprint density at radius 2 is 2.03 bits per heavy atom. The quantitative estimate of drug-likeness (QED) is 0.818. The Bertz CT molecular complexity index is 755. The molecule has 1 aliphatic heterocycles. The molecule has 0 spiro atoms. The standard InChI is InChI=1S/C22H34N4O3/c1-14(2)20(28)26-12-17-10-18(24-19(27)9-16-7-5-4-6-8-16)11-22(17,13-26)21-23-15(3)25-29-21/h14,16-18H,4-13H2,1-3H3,(H,24,27)/t17?,18-,22+/m1/s1. The lowest BCUT2D eigenvalue weighted by atomic mass is 9.80. The summed E-state index contributed by atoms with van der Waals surface area (Å²) in [5, 5.41) is 7.30. The first kappa shape index (κ1) is 20.4. The molecule has 2 aliphatic carbocycles. The average Bonchev–Trinajstić information content (AvgIpc) is 3.34. The Kier molecular flexibility index (Phi) is 5.67. The summed E-state index contributed by atoms with van der Waals surface area (Å²) < 4.78 is 5.60. The maximum Gasteiger partial charge on any atom is 0.235 e. The molecule has 3 atom stereocenters. The van der Waals surface area contributed by atoms with E-state index >= 15 is 0 Å². The van der Waals surface area contributed by atoms with Crippen LogP contribution in [0.15, 0.2) is 4.52 Å². The molecular formula is C22H34N4O3. The van der Waals surface area contributed by atoms with Crippen molar-refractivity contribution in [2.24, 2.45) is 17.8 Å². The third-order valence-electron chi connectivity index (χ3n) is 7.20. The molecule has 2 amide bonds. The van der Waals surface area contributed by atoms with Crippen molar-refractivity contribution in [3.63, 3.8) is 0 Å². The molecule has 0 aromatic carbocycles. The zero-order valence-corrected chi connectivity index (χ0v) is 17.9. The van der Waals surface area contributed by atoms with Crippen molar-refractivity contribution in [2.75, 3.05) is 13.1 Å². The second kappa shape index (κ2) is 8.07. The molecule has 2 heterocycles. The molecule has 2 saturated carbocycles. The molecule has 29 heavy (non-hydrogen) atoms.